The van der Waals surface area contributed by atoms with Gasteiger partial charge in [-0.3, -0.25) is 4.79 Å². The van der Waals surface area contributed by atoms with Gasteiger partial charge in [0.2, 0.25) is 0 Å². The number of benzene rings is 1. The van der Waals surface area contributed by atoms with Crippen LogP contribution in [-0.4, -0.2) is 17.5 Å². The fourth-order valence-electron chi connectivity index (χ4n) is 2.29. The topological polar surface area (TPSA) is 46.5 Å². The Hall–Kier alpha value is -2.03. The number of ether oxygens (including phenoxy) is 1. The first-order valence-corrected chi connectivity index (χ1v) is 9.00. The minimum atomic E-state index is 0.137. The second-order valence-electron chi connectivity index (χ2n) is 5.92. The van der Waals surface area contributed by atoms with Crippen molar-refractivity contribution >= 4 is 11.9 Å². The van der Waals surface area contributed by atoms with E-state index >= 15 is 0 Å². The summed E-state index contributed by atoms with van der Waals surface area (Å²) in [7, 11) is 0. The van der Waals surface area contributed by atoms with E-state index in [1.807, 2.05) is 25.1 Å². The molecule has 0 heterocycles. The van der Waals surface area contributed by atoms with Crippen LogP contribution in [0.4, 0.5) is 0 Å². The van der Waals surface area contributed by atoms with Crippen molar-refractivity contribution in [2.24, 2.45) is 0 Å². The molecule has 0 saturated carbocycles. The quantitative estimate of drug-likeness (QED) is 0.305. The number of rotatable bonds is 12. The van der Waals surface area contributed by atoms with Gasteiger partial charge in [-0.05, 0) is 36.6 Å². The van der Waals surface area contributed by atoms with Gasteiger partial charge in [-0.1, -0.05) is 63.8 Å². The lowest BCUT2D eigenvalue weighted by Crippen LogP contribution is -1.95. The summed E-state index contributed by atoms with van der Waals surface area (Å²) in [6.45, 7) is 4.80. The molecule has 0 aliphatic rings. The molecule has 0 unspecified atom stereocenters. The van der Waals surface area contributed by atoms with Crippen LogP contribution in [0.15, 0.2) is 36.4 Å². The Bertz CT molecular complexity index is 544. The molecule has 1 N–H and O–H groups in total. The number of phenols is 1. The fraction of sp³-hybridized carbons (Fsp3) is 0.476. The van der Waals surface area contributed by atoms with E-state index in [1.165, 1.54) is 19.3 Å². The second-order valence-corrected chi connectivity index (χ2v) is 5.92. The molecule has 0 aliphatic heterocycles. The van der Waals surface area contributed by atoms with E-state index in [-0.39, 0.29) is 11.5 Å². The Morgan fingerprint density at radius 2 is 1.88 bits per heavy atom. The van der Waals surface area contributed by atoms with Crippen molar-refractivity contribution in [3.63, 3.8) is 0 Å². The number of aromatic hydroxyl groups is 1. The Balaban J connectivity index is 2.37. The molecule has 0 atom stereocenters. The maximum atomic E-state index is 11.7. The number of hydrogen-bond donors (Lipinski definition) is 1. The first kappa shape index (κ1) is 20.0. The summed E-state index contributed by atoms with van der Waals surface area (Å²) in [4.78, 5) is 11.7. The molecule has 0 amide bonds. The van der Waals surface area contributed by atoms with Crippen LogP contribution in [0.25, 0.3) is 6.08 Å². The van der Waals surface area contributed by atoms with Crippen molar-refractivity contribution < 1.29 is 14.6 Å². The molecule has 132 valence electrons. The lowest BCUT2D eigenvalue weighted by molar-refractivity contribution is -0.114. The third-order valence-corrected chi connectivity index (χ3v) is 3.65. The van der Waals surface area contributed by atoms with E-state index in [1.54, 1.807) is 24.3 Å². The van der Waals surface area contributed by atoms with Crippen LogP contribution in [0.2, 0.25) is 0 Å². The zero-order valence-electron chi connectivity index (χ0n) is 15.0. The highest BCUT2D eigenvalue weighted by atomic mass is 16.5. The predicted octanol–water partition coefficient (Wildman–Crippen LogP) is 5.68. The summed E-state index contributed by atoms with van der Waals surface area (Å²) in [5.74, 6) is 0.808. The van der Waals surface area contributed by atoms with Crippen molar-refractivity contribution in [3.8, 4) is 11.5 Å². The maximum Gasteiger partial charge on any atom is 0.160 e. The van der Waals surface area contributed by atoms with Crippen molar-refractivity contribution in [2.75, 3.05) is 6.61 Å². The molecule has 1 aromatic rings. The van der Waals surface area contributed by atoms with Gasteiger partial charge < -0.3 is 9.84 Å². The first-order valence-electron chi connectivity index (χ1n) is 9.00. The molecule has 0 bridgehead atoms. The Morgan fingerprint density at radius 3 is 2.58 bits per heavy atom. The third-order valence-electron chi connectivity index (χ3n) is 3.65. The van der Waals surface area contributed by atoms with Gasteiger partial charge in [0.1, 0.15) is 0 Å². The van der Waals surface area contributed by atoms with Crippen LogP contribution >= 0.6 is 0 Å². The van der Waals surface area contributed by atoms with Crippen LogP contribution in [-0.2, 0) is 4.79 Å². The molecular formula is C21H30O3. The van der Waals surface area contributed by atoms with E-state index in [0.29, 0.717) is 18.8 Å². The van der Waals surface area contributed by atoms with Gasteiger partial charge in [0, 0.05) is 6.42 Å². The monoisotopic (exact) mass is 330 g/mol. The minimum absolute atomic E-state index is 0.137. The molecule has 0 aliphatic carbocycles. The van der Waals surface area contributed by atoms with E-state index in [9.17, 15) is 9.90 Å². The average molecular weight is 330 g/mol. The van der Waals surface area contributed by atoms with Gasteiger partial charge in [0.15, 0.2) is 17.3 Å². The summed E-state index contributed by atoms with van der Waals surface area (Å²) in [5, 5.41) is 9.89. The van der Waals surface area contributed by atoms with E-state index < -0.39 is 0 Å². The molecule has 0 saturated heterocycles. The predicted molar refractivity (Wildman–Crippen MR) is 100 cm³/mol. The Morgan fingerprint density at radius 1 is 1.08 bits per heavy atom. The number of hydrogen-bond acceptors (Lipinski definition) is 3. The summed E-state index contributed by atoms with van der Waals surface area (Å²) >= 11 is 0. The zero-order valence-corrected chi connectivity index (χ0v) is 15.0. The van der Waals surface area contributed by atoms with Crippen molar-refractivity contribution in [1.29, 1.82) is 0 Å². The molecule has 0 spiro atoms. The SMILES string of the molecule is CCCCCCCC(=O)C=CC=Cc1ccc(OCCC)c(O)c1. The normalized spacial score (nSPS) is 11.4. The summed E-state index contributed by atoms with van der Waals surface area (Å²) in [6.07, 6.45) is 14.4. The van der Waals surface area contributed by atoms with Crippen LogP contribution in [0.3, 0.4) is 0 Å². The highest BCUT2D eigenvalue weighted by molar-refractivity contribution is 5.89. The first-order chi connectivity index (χ1) is 11.7. The molecule has 0 radical (unpaired) electrons. The minimum Gasteiger partial charge on any atom is -0.504 e. The van der Waals surface area contributed by atoms with Crippen LogP contribution in [0, 0.1) is 0 Å². The smallest absolute Gasteiger partial charge is 0.160 e. The molecule has 3 heteroatoms. The molecule has 0 fully saturated rings. The highest BCUT2D eigenvalue weighted by Gasteiger charge is 2.01. The highest BCUT2D eigenvalue weighted by Crippen LogP contribution is 2.27. The Kier molecular flexibility index (Phi) is 10.3. The van der Waals surface area contributed by atoms with Gasteiger partial charge in [0.25, 0.3) is 0 Å². The number of unbranched alkanes of at least 4 members (excludes halogenated alkanes) is 4. The van der Waals surface area contributed by atoms with Crippen molar-refractivity contribution in [3.05, 3.63) is 42.0 Å². The molecule has 1 aromatic carbocycles. The maximum absolute atomic E-state index is 11.7. The van der Waals surface area contributed by atoms with Crippen LogP contribution < -0.4 is 4.74 Å². The van der Waals surface area contributed by atoms with Crippen LogP contribution in [0.1, 0.15) is 64.4 Å². The number of ketones is 1. The number of phenolic OH excluding ortho intramolecular Hbond substituents is 1. The van der Waals surface area contributed by atoms with Gasteiger partial charge in [-0.2, -0.15) is 0 Å². The second kappa shape index (κ2) is 12.4. The van der Waals surface area contributed by atoms with Crippen molar-refractivity contribution in [1.82, 2.24) is 0 Å². The standard InChI is InChI=1S/C21H30O3/c1-3-5-6-7-8-12-19(22)13-10-9-11-18-14-15-21(20(23)17-18)24-16-4-2/h9-11,13-15,17,23H,3-8,12,16H2,1-2H3. The van der Waals surface area contributed by atoms with E-state index in [0.717, 1.165) is 24.8 Å². The Labute approximate surface area is 146 Å². The molecule has 0 aromatic heterocycles. The average Bonchev–Trinajstić information content (AvgIpc) is 2.58. The number of allylic oxidation sites excluding steroid dienone is 3. The van der Waals surface area contributed by atoms with Gasteiger partial charge in [0.05, 0.1) is 6.61 Å². The lowest BCUT2D eigenvalue weighted by atomic mass is 10.1. The molecule has 24 heavy (non-hydrogen) atoms. The van der Waals surface area contributed by atoms with Gasteiger partial charge >= 0.3 is 0 Å². The van der Waals surface area contributed by atoms with Crippen LogP contribution in [0.5, 0.6) is 11.5 Å². The zero-order chi connectivity index (χ0) is 17.6. The van der Waals surface area contributed by atoms with E-state index in [4.69, 9.17) is 4.74 Å². The van der Waals surface area contributed by atoms with Gasteiger partial charge in [-0.25, -0.2) is 0 Å². The summed E-state index contributed by atoms with van der Waals surface area (Å²) in [6, 6.07) is 5.30. The third kappa shape index (κ3) is 8.56. The van der Waals surface area contributed by atoms with Crippen molar-refractivity contribution in [2.45, 2.75) is 58.8 Å². The largest absolute Gasteiger partial charge is 0.504 e. The lowest BCUT2D eigenvalue weighted by Gasteiger charge is -2.06. The molecular weight excluding hydrogens is 300 g/mol. The fourth-order valence-corrected chi connectivity index (χ4v) is 2.29. The number of carbonyl (C=O) groups excluding carboxylic acids is 1. The molecule has 1 rings (SSSR count). The van der Waals surface area contributed by atoms with E-state index in [2.05, 4.69) is 6.92 Å². The number of carbonyl (C=O) groups is 1. The molecule has 3 nitrogen and oxygen atoms in total. The summed E-state index contributed by atoms with van der Waals surface area (Å²) < 4.78 is 5.43. The summed E-state index contributed by atoms with van der Waals surface area (Å²) in [5.41, 5.74) is 0.869. The van der Waals surface area contributed by atoms with Gasteiger partial charge in [-0.15, -0.1) is 0 Å².